The first-order valence-electron chi connectivity index (χ1n) is 9.50. The van der Waals surface area contributed by atoms with Crippen molar-refractivity contribution in [2.75, 3.05) is 27.8 Å². The van der Waals surface area contributed by atoms with Crippen molar-refractivity contribution < 1.29 is 19.2 Å². The number of carbonyl (C=O) groups is 1. The summed E-state index contributed by atoms with van der Waals surface area (Å²) in [7, 11) is 5.30. The highest BCUT2D eigenvalue weighted by Gasteiger charge is 2.23. The van der Waals surface area contributed by atoms with E-state index < -0.39 is 0 Å². The maximum Gasteiger partial charge on any atom is 0.275 e. The van der Waals surface area contributed by atoms with E-state index in [0.717, 1.165) is 35.5 Å². The van der Waals surface area contributed by atoms with Crippen molar-refractivity contribution in [3.63, 3.8) is 0 Å². The van der Waals surface area contributed by atoms with Crippen LogP contribution in [0.3, 0.4) is 0 Å². The van der Waals surface area contributed by atoms with Gasteiger partial charge in [-0.15, -0.1) is 0 Å². The summed E-state index contributed by atoms with van der Waals surface area (Å²) in [5.74, 6) is 1.53. The summed E-state index contributed by atoms with van der Waals surface area (Å²) in [5.41, 5.74) is 3.66. The summed E-state index contributed by atoms with van der Waals surface area (Å²) in [4.78, 5) is 13.7. The molecule has 1 amide bonds. The van der Waals surface area contributed by atoms with Crippen LogP contribution in [0.15, 0.2) is 42.5 Å². The summed E-state index contributed by atoms with van der Waals surface area (Å²) in [6, 6.07) is 14.4. The Morgan fingerprint density at radius 3 is 2.74 bits per heavy atom. The van der Waals surface area contributed by atoms with E-state index in [-0.39, 0.29) is 11.9 Å². The average Bonchev–Trinajstić information content (AvgIpc) is 2.67. The molecule has 2 N–H and O–H groups in total. The molecule has 2 atom stereocenters. The van der Waals surface area contributed by atoms with Crippen molar-refractivity contribution in [1.82, 2.24) is 5.32 Å². The van der Waals surface area contributed by atoms with Crippen LogP contribution in [-0.2, 0) is 17.8 Å². The number of benzene rings is 2. The number of methoxy groups -OCH3 is 2. The Morgan fingerprint density at radius 2 is 1.96 bits per heavy atom. The second kappa shape index (κ2) is 8.91. The Kier molecular flexibility index (Phi) is 6.35. The third kappa shape index (κ3) is 4.61. The maximum absolute atomic E-state index is 12.6. The number of fused-ring (bicyclic) bond motifs is 1. The van der Waals surface area contributed by atoms with Crippen molar-refractivity contribution in [2.45, 2.75) is 31.8 Å². The fourth-order valence-electron chi connectivity index (χ4n) is 3.90. The van der Waals surface area contributed by atoms with Crippen LogP contribution in [0.2, 0.25) is 0 Å². The molecule has 1 aliphatic carbocycles. The number of quaternary nitrogens is 1. The largest absolute Gasteiger partial charge is 0.493 e. The maximum atomic E-state index is 12.6. The molecule has 2 aromatic carbocycles. The molecule has 1 aliphatic rings. The van der Waals surface area contributed by atoms with Crippen LogP contribution in [0, 0.1) is 0 Å². The van der Waals surface area contributed by atoms with Crippen LogP contribution < -0.4 is 19.7 Å². The Hall–Kier alpha value is -2.53. The first kappa shape index (κ1) is 19.2. The van der Waals surface area contributed by atoms with E-state index in [2.05, 4.69) is 29.6 Å². The average molecular weight is 369 g/mol. The highest BCUT2D eigenvalue weighted by Crippen LogP contribution is 2.30. The summed E-state index contributed by atoms with van der Waals surface area (Å²) in [6.45, 7) is 1.11. The first-order chi connectivity index (χ1) is 13.1. The lowest BCUT2D eigenvalue weighted by Gasteiger charge is -2.26. The summed E-state index contributed by atoms with van der Waals surface area (Å²) < 4.78 is 10.9. The fourth-order valence-corrected chi connectivity index (χ4v) is 3.90. The molecular weight excluding hydrogens is 340 g/mol. The third-order valence-electron chi connectivity index (χ3n) is 5.14. The molecule has 27 heavy (non-hydrogen) atoms. The van der Waals surface area contributed by atoms with Gasteiger partial charge in [0, 0.05) is 0 Å². The smallest absolute Gasteiger partial charge is 0.275 e. The Bertz CT molecular complexity index is 791. The van der Waals surface area contributed by atoms with E-state index in [0.29, 0.717) is 18.8 Å². The van der Waals surface area contributed by atoms with Crippen LogP contribution in [-0.4, -0.2) is 33.7 Å². The van der Waals surface area contributed by atoms with Gasteiger partial charge in [0.05, 0.1) is 32.9 Å². The Labute approximate surface area is 161 Å². The molecule has 0 aliphatic heterocycles. The van der Waals surface area contributed by atoms with Gasteiger partial charge >= 0.3 is 0 Å². The number of carbonyl (C=O) groups excluding carboxylic acids is 1. The zero-order chi connectivity index (χ0) is 19.2. The molecule has 0 aromatic heterocycles. The normalized spacial score (nSPS) is 16.9. The van der Waals surface area contributed by atoms with E-state index in [1.165, 1.54) is 11.1 Å². The van der Waals surface area contributed by atoms with Crippen molar-refractivity contribution >= 4 is 5.91 Å². The number of ether oxygens (including phenoxy) is 2. The van der Waals surface area contributed by atoms with E-state index >= 15 is 0 Å². The zero-order valence-electron chi connectivity index (χ0n) is 16.4. The van der Waals surface area contributed by atoms with Crippen molar-refractivity contribution in [2.24, 2.45) is 0 Å². The van der Waals surface area contributed by atoms with Gasteiger partial charge in [-0.1, -0.05) is 30.3 Å². The van der Waals surface area contributed by atoms with Crippen molar-refractivity contribution in [3.8, 4) is 11.5 Å². The Morgan fingerprint density at radius 1 is 1.15 bits per heavy atom. The summed E-state index contributed by atoms with van der Waals surface area (Å²) >= 11 is 0. The monoisotopic (exact) mass is 369 g/mol. The molecule has 0 fully saturated rings. The molecule has 5 heteroatoms. The highest BCUT2D eigenvalue weighted by molar-refractivity contribution is 5.77. The lowest BCUT2D eigenvalue weighted by atomic mass is 9.88. The summed E-state index contributed by atoms with van der Waals surface area (Å²) in [5, 5.41) is 3.23. The zero-order valence-corrected chi connectivity index (χ0v) is 16.4. The SMILES string of the molecule is COc1cccc(C[NH+](C)CC(=O)N[C@@H]2CCCc3ccccc32)c1OC. The van der Waals surface area contributed by atoms with Crippen LogP contribution in [0.4, 0.5) is 0 Å². The van der Waals surface area contributed by atoms with Crippen molar-refractivity contribution in [1.29, 1.82) is 0 Å². The number of rotatable bonds is 7. The van der Waals surface area contributed by atoms with Gasteiger partial charge in [0.15, 0.2) is 18.0 Å². The fraction of sp³-hybridized carbons (Fsp3) is 0.409. The van der Waals surface area contributed by atoms with Gasteiger partial charge in [-0.3, -0.25) is 4.79 Å². The predicted octanol–water partition coefficient (Wildman–Crippen LogP) is 1.91. The molecular formula is C22H29N2O3+. The number of para-hydroxylation sites is 1. The second-order valence-corrected chi connectivity index (χ2v) is 7.17. The number of nitrogens with one attached hydrogen (secondary N) is 2. The van der Waals surface area contributed by atoms with E-state index in [9.17, 15) is 4.79 Å². The van der Waals surface area contributed by atoms with Gasteiger partial charge in [0.1, 0.15) is 6.54 Å². The molecule has 144 valence electrons. The minimum atomic E-state index is 0.0797. The molecule has 0 spiro atoms. The lowest BCUT2D eigenvalue weighted by Crippen LogP contribution is -3.08. The number of aryl methyl sites for hydroxylation is 1. The molecule has 0 bridgehead atoms. The van der Waals surface area contributed by atoms with Gasteiger partial charge in [-0.2, -0.15) is 0 Å². The number of hydrogen-bond acceptors (Lipinski definition) is 3. The number of hydrogen-bond donors (Lipinski definition) is 2. The van der Waals surface area contributed by atoms with Crippen LogP contribution in [0.25, 0.3) is 0 Å². The van der Waals surface area contributed by atoms with Gasteiger partial charge < -0.3 is 19.7 Å². The van der Waals surface area contributed by atoms with Gasteiger partial charge in [0.2, 0.25) is 0 Å². The molecule has 0 saturated heterocycles. The number of likely N-dealkylation sites (N-methyl/N-ethyl adjacent to an activating group) is 1. The minimum absolute atomic E-state index is 0.0797. The molecule has 3 rings (SSSR count). The molecule has 0 radical (unpaired) electrons. The molecule has 0 heterocycles. The highest BCUT2D eigenvalue weighted by atomic mass is 16.5. The van der Waals surface area contributed by atoms with E-state index in [1.807, 2.05) is 25.2 Å². The first-order valence-corrected chi connectivity index (χ1v) is 9.50. The Balaban J connectivity index is 1.61. The van der Waals surface area contributed by atoms with Gasteiger partial charge in [-0.05, 0) is 42.5 Å². The molecule has 0 saturated carbocycles. The van der Waals surface area contributed by atoms with Crippen LogP contribution in [0.1, 0.15) is 35.6 Å². The third-order valence-corrected chi connectivity index (χ3v) is 5.14. The molecule has 1 unspecified atom stereocenters. The molecule has 5 nitrogen and oxygen atoms in total. The minimum Gasteiger partial charge on any atom is -0.493 e. The van der Waals surface area contributed by atoms with E-state index in [1.54, 1.807) is 14.2 Å². The van der Waals surface area contributed by atoms with E-state index in [4.69, 9.17) is 9.47 Å². The topological polar surface area (TPSA) is 52.0 Å². The van der Waals surface area contributed by atoms with Gasteiger partial charge in [0.25, 0.3) is 5.91 Å². The summed E-state index contributed by atoms with van der Waals surface area (Å²) in [6.07, 6.45) is 3.22. The quantitative estimate of drug-likeness (QED) is 0.784. The van der Waals surface area contributed by atoms with Crippen LogP contribution in [0.5, 0.6) is 11.5 Å². The second-order valence-electron chi connectivity index (χ2n) is 7.17. The molecule has 2 aromatic rings. The predicted molar refractivity (Wildman–Crippen MR) is 105 cm³/mol. The number of amides is 1. The van der Waals surface area contributed by atoms with Crippen molar-refractivity contribution in [3.05, 3.63) is 59.2 Å². The lowest BCUT2D eigenvalue weighted by molar-refractivity contribution is -0.885. The standard InChI is InChI=1S/C22H28N2O3/c1-24(14-17-10-7-13-20(26-2)22(17)27-3)15-21(25)23-19-12-6-9-16-8-4-5-11-18(16)19/h4-5,7-8,10-11,13,19H,6,9,12,14-15H2,1-3H3,(H,23,25)/p+1/t19-/m1/s1. The van der Waals surface area contributed by atoms with Gasteiger partial charge in [-0.25, -0.2) is 0 Å². The van der Waals surface area contributed by atoms with Crippen LogP contribution >= 0.6 is 0 Å².